The standard InChI is InChI=1S/C21H35N5OS/c1-24(2)11-13-26(14-12-25(3)4)28-23-21(27)22-20-18-9-5-7-16(18)15-17-8-6-10-19(17)20/h15H,5-14H2,1-4H3,(H2,22,23,27). The maximum atomic E-state index is 12.7. The van der Waals surface area contributed by atoms with Gasteiger partial charge in [0.1, 0.15) is 0 Å². The number of likely N-dealkylation sites (N-methyl/N-ethyl adjacent to an activating group) is 2. The van der Waals surface area contributed by atoms with Crippen molar-refractivity contribution in [2.75, 3.05) is 59.7 Å². The molecule has 2 aliphatic rings. The highest BCUT2D eigenvalue weighted by Crippen LogP contribution is 2.38. The molecule has 2 N–H and O–H groups in total. The summed E-state index contributed by atoms with van der Waals surface area (Å²) in [5.41, 5.74) is 6.74. The Hall–Kier alpha value is -1.28. The second kappa shape index (κ2) is 9.96. The molecule has 156 valence electrons. The summed E-state index contributed by atoms with van der Waals surface area (Å²) in [5, 5.41) is 3.21. The molecule has 3 rings (SSSR count). The van der Waals surface area contributed by atoms with Crippen LogP contribution in [0.5, 0.6) is 0 Å². The van der Waals surface area contributed by atoms with Gasteiger partial charge in [-0.25, -0.2) is 9.10 Å². The molecule has 2 aliphatic carbocycles. The van der Waals surface area contributed by atoms with Crippen LogP contribution in [0.1, 0.15) is 35.1 Å². The summed E-state index contributed by atoms with van der Waals surface area (Å²) in [6.45, 7) is 3.73. The number of urea groups is 1. The molecular weight excluding hydrogens is 370 g/mol. The van der Waals surface area contributed by atoms with E-state index >= 15 is 0 Å². The predicted octanol–water partition coefficient (Wildman–Crippen LogP) is 2.77. The largest absolute Gasteiger partial charge is 0.330 e. The molecule has 0 fully saturated rings. The van der Waals surface area contributed by atoms with Crippen LogP contribution in [0.25, 0.3) is 0 Å². The molecule has 0 spiro atoms. The Balaban J connectivity index is 1.60. The highest BCUT2D eigenvalue weighted by Gasteiger charge is 2.25. The van der Waals surface area contributed by atoms with Crippen LogP contribution in [0.15, 0.2) is 6.07 Å². The number of amides is 2. The second-order valence-electron chi connectivity index (χ2n) is 8.42. The van der Waals surface area contributed by atoms with Crippen LogP contribution in [0, 0.1) is 0 Å². The normalized spacial score (nSPS) is 15.4. The molecule has 0 radical (unpaired) electrons. The zero-order chi connectivity index (χ0) is 20.1. The first-order chi connectivity index (χ1) is 13.4. The van der Waals surface area contributed by atoms with Gasteiger partial charge in [-0.15, -0.1) is 0 Å². The summed E-state index contributed by atoms with van der Waals surface area (Å²) in [6.07, 6.45) is 6.87. The highest BCUT2D eigenvalue weighted by atomic mass is 32.2. The fourth-order valence-electron chi connectivity index (χ4n) is 4.04. The van der Waals surface area contributed by atoms with E-state index in [4.69, 9.17) is 0 Å². The smallest absolute Gasteiger partial charge is 0.308 e. The number of nitrogens with zero attached hydrogens (tertiary/aromatic N) is 3. The first kappa shape index (κ1) is 21.4. The fourth-order valence-corrected chi connectivity index (χ4v) is 4.65. The van der Waals surface area contributed by atoms with Crippen LogP contribution in [0.4, 0.5) is 10.5 Å². The first-order valence-corrected chi connectivity index (χ1v) is 11.2. The lowest BCUT2D eigenvalue weighted by Crippen LogP contribution is -2.36. The van der Waals surface area contributed by atoms with E-state index in [-0.39, 0.29) is 6.03 Å². The van der Waals surface area contributed by atoms with Crippen molar-refractivity contribution in [3.05, 3.63) is 28.3 Å². The van der Waals surface area contributed by atoms with Gasteiger partial charge < -0.3 is 15.1 Å². The van der Waals surface area contributed by atoms with E-state index < -0.39 is 0 Å². The van der Waals surface area contributed by atoms with Crippen LogP contribution in [-0.4, -0.2) is 74.5 Å². The molecule has 0 bridgehead atoms. The van der Waals surface area contributed by atoms with Gasteiger partial charge in [0, 0.05) is 44.0 Å². The number of nitrogens with one attached hydrogen (secondary N) is 2. The van der Waals surface area contributed by atoms with Crippen LogP contribution in [0.2, 0.25) is 0 Å². The maximum Gasteiger partial charge on any atom is 0.330 e. The minimum atomic E-state index is -0.112. The average Bonchev–Trinajstić information content (AvgIpc) is 3.29. The zero-order valence-electron chi connectivity index (χ0n) is 17.8. The van der Waals surface area contributed by atoms with Gasteiger partial charge in [0.2, 0.25) is 0 Å². The minimum absolute atomic E-state index is 0.112. The minimum Gasteiger partial charge on any atom is -0.308 e. The lowest BCUT2D eigenvalue weighted by atomic mass is 9.99. The summed E-state index contributed by atoms with van der Waals surface area (Å²) in [4.78, 5) is 17.0. The maximum absolute atomic E-state index is 12.7. The summed E-state index contributed by atoms with van der Waals surface area (Å²) < 4.78 is 5.24. The second-order valence-corrected chi connectivity index (χ2v) is 9.32. The Bertz CT molecular complexity index is 648. The number of rotatable bonds is 9. The lowest BCUT2D eigenvalue weighted by Gasteiger charge is -2.24. The Morgan fingerprint density at radius 1 is 0.893 bits per heavy atom. The Morgan fingerprint density at radius 2 is 1.43 bits per heavy atom. The van der Waals surface area contributed by atoms with Crippen molar-refractivity contribution < 1.29 is 4.79 Å². The van der Waals surface area contributed by atoms with Crippen molar-refractivity contribution in [2.24, 2.45) is 0 Å². The van der Waals surface area contributed by atoms with Gasteiger partial charge in [-0.05, 0) is 89.0 Å². The quantitative estimate of drug-likeness (QED) is 0.619. The summed E-state index contributed by atoms with van der Waals surface area (Å²) in [5.74, 6) is 0. The van der Waals surface area contributed by atoms with Crippen LogP contribution in [0.3, 0.4) is 0 Å². The lowest BCUT2D eigenvalue weighted by molar-refractivity contribution is 0.256. The van der Waals surface area contributed by atoms with E-state index in [9.17, 15) is 4.79 Å². The predicted molar refractivity (Wildman–Crippen MR) is 119 cm³/mol. The van der Waals surface area contributed by atoms with Crippen LogP contribution in [-0.2, 0) is 25.7 Å². The number of aryl methyl sites for hydroxylation is 2. The van der Waals surface area contributed by atoms with Gasteiger partial charge in [-0.2, -0.15) is 0 Å². The van der Waals surface area contributed by atoms with Gasteiger partial charge in [0.15, 0.2) is 0 Å². The van der Waals surface area contributed by atoms with Gasteiger partial charge in [-0.3, -0.25) is 4.72 Å². The van der Waals surface area contributed by atoms with E-state index in [0.717, 1.165) is 57.5 Å². The molecule has 1 aromatic rings. The third-order valence-corrected chi connectivity index (χ3v) is 6.47. The number of hydrogen-bond donors (Lipinski definition) is 2. The number of carbonyl (C=O) groups excluding carboxylic acids is 1. The molecule has 2 amide bonds. The molecular formula is C21H35N5OS. The van der Waals surface area contributed by atoms with E-state index in [1.165, 1.54) is 47.2 Å². The van der Waals surface area contributed by atoms with Gasteiger partial charge in [0.25, 0.3) is 0 Å². The van der Waals surface area contributed by atoms with E-state index in [1.54, 1.807) is 0 Å². The molecule has 0 heterocycles. The number of hydrogen-bond acceptors (Lipinski definition) is 5. The highest BCUT2D eigenvalue weighted by molar-refractivity contribution is 7.95. The number of anilines is 1. The molecule has 0 aromatic heterocycles. The van der Waals surface area contributed by atoms with E-state index in [1.807, 2.05) is 0 Å². The van der Waals surface area contributed by atoms with Crippen molar-refractivity contribution in [1.82, 2.24) is 18.8 Å². The molecule has 0 aliphatic heterocycles. The average molecular weight is 406 g/mol. The Labute approximate surface area is 174 Å². The van der Waals surface area contributed by atoms with E-state index in [2.05, 4.69) is 58.4 Å². The molecule has 0 saturated heterocycles. The topological polar surface area (TPSA) is 50.9 Å². The molecule has 28 heavy (non-hydrogen) atoms. The van der Waals surface area contributed by atoms with Crippen molar-refractivity contribution in [2.45, 2.75) is 38.5 Å². The number of benzene rings is 1. The van der Waals surface area contributed by atoms with E-state index in [0.29, 0.717) is 0 Å². The summed E-state index contributed by atoms with van der Waals surface area (Å²) in [6, 6.07) is 2.28. The molecule has 6 nitrogen and oxygen atoms in total. The number of carbonyl (C=O) groups is 1. The first-order valence-electron chi connectivity index (χ1n) is 10.4. The van der Waals surface area contributed by atoms with Crippen molar-refractivity contribution in [3.8, 4) is 0 Å². The molecule has 0 atom stereocenters. The zero-order valence-corrected chi connectivity index (χ0v) is 18.6. The van der Waals surface area contributed by atoms with Gasteiger partial charge >= 0.3 is 6.03 Å². The van der Waals surface area contributed by atoms with Crippen molar-refractivity contribution >= 4 is 23.9 Å². The molecule has 7 heteroatoms. The Morgan fingerprint density at radius 3 is 1.93 bits per heavy atom. The fraction of sp³-hybridized carbons (Fsp3) is 0.667. The van der Waals surface area contributed by atoms with Gasteiger partial charge in [0.05, 0.1) is 0 Å². The summed E-state index contributed by atoms with van der Waals surface area (Å²) in [7, 11) is 8.30. The molecule has 1 aromatic carbocycles. The van der Waals surface area contributed by atoms with Crippen LogP contribution < -0.4 is 10.0 Å². The van der Waals surface area contributed by atoms with Crippen molar-refractivity contribution in [3.63, 3.8) is 0 Å². The van der Waals surface area contributed by atoms with Crippen LogP contribution >= 0.6 is 12.1 Å². The van der Waals surface area contributed by atoms with Gasteiger partial charge in [-0.1, -0.05) is 6.07 Å². The SMILES string of the molecule is CN(C)CCN(CCN(C)C)SNC(=O)Nc1c2c(cc3c1CCC3)CCC2. The molecule has 0 unspecified atom stereocenters. The third kappa shape index (κ3) is 5.63. The summed E-state index contributed by atoms with van der Waals surface area (Å²) >= 11 is 1.42. The monoisotopic (exact) mass is 405 g/mol. The Kier molecular flexibility index (Phi) is 7.62. The number of fused-ring (bicyclic) bond motifs is 2. The third-order valence-electron chi connectivity index (χ3n) is 5.57. The van der Waals surface area contributed by atoms with Crippen molar-refractivity contribution in [1.29, 1.82) is 0 Å². The molecule has 0 saturated carbocycles.